The third kappa shape index (κ3) is 4.27. The number of nitrogens with one attached hydrogen (secondary N) is 2. The van der Waals surface area contributed by atoms with E-state index in [2.05, 4.69) is 0 Å². The van der Waals surface area contributed by atoms with Crippen LogP contribution in [0.1, 0.15) is 5.56 Å². The number of hydrogen-bond acceptors (Lipinski definition) is 4. The van der Waals surface area contributed by atoms with Crippen molar-refractivity contribution in [1.82, 2.24) is 9.66 Å². The first kappa shape index (κ1) is 17.8. The van der Waals surface area contributed by atoms with Gasteiger partial charge in [0.25, 0.3) is 20.0 Å². The van der Waals surface area contributed by atoms with Crippen LogP contribution in [0.3, 0.4) is 0 Å². The number of rotatable bonds is 5. The molecule has 0 aliphatic carbocycles. The highest BCUT2D eigenvalue weighted by Gasteiger charge is 2.20. The standard InChI is InChI=1S/C13H12ClFN2O4S2/c1-9-2-4-10(5-3-9)22(18,19)16-17-23(20,21)11-6-7-13(15)12(14)8-11/h2-8,16-17H,1H3. The monoisotopic (exact) mass is 378 g/mol. The minimum Gasteiger partial charge on any atom is -0.206 e. The van der Waals surface area contributed by atoms with Gasteiger partial charge >= 0.3 is 0 Å². The molecule has 0 aliphatic heterocycles. The molecule has 10 heteroatoms. The summed E-state index contributed by atoms with van der Waals surface area (Å²) in [6, 6.07) is 8.52. The van der Waals surface area contributed by atoms with E-state index in [1.54, 1.807) is 28.7 Å². The molecular weight excluding hydrogens is 367 g/mol. The number of hydrazine groups is 1. The molecule has 0 bridgehead atoms. The molecule has 0 atom stereocenters. The lowest BCUT2D eigenvalue weighted by molar-refractivity contribution is 0.557. The van der Waals surface area contributed by atoms with Crippen molar-refractivity contribution in [3.8, 4) is 0 Å². The Labute approximate surface area is 138 Å². The van der Waals surface area contributed by atoms with Gasteiger partial charge in [0.05, 0.1) is 14.8 Å². The fourth-order valence-corrected chi connectivity index (χ4v) is 3.96. The molecule has 2 aromatic rings. The summed E-state index contributed by atoms with van der Waals surface area (Å²) in [7, 11) is -8.32. The highest BCUT2D eigenvalue weighted by Crippen LogP contribution is 2.19. The van der Waals surface area contributed by atoms with Crippen LogP contribution >= 0.6 is 11.6 Å². The number of halogens is 2. The van der Waals surface area contributed by atoms with Gasteiger partial charge in [-0.2, -0.15) is 0 Å². The van der Waals surface area contributed by atoms with Gasteiger partial charge in [-0.1, -0.05) is 29.3 Å². The lowest BCUT2D eigenvalue weighted by Gasteiger charge is -2.10. The second-order valence-corrected chi connectivity index (χ2v) is 8.37. The lowest BCUT2D eigenvalue weighted by Crippen LogP contribution is -2.41. The Hall–Kier alpha value is -1.52. The molecule has 0 unspecified atom stereocenters. The largest absolute Gasteiger partial charge is 0.254 e. The predicted octanol–water partition coefficient (Wildman–Crippen LogP) is 1.96. The maximum atomic E-state index is 13.1. The van der Waals surface area contributed by atoms with Crippen molar-refractivity contribution in [3.05, 3.63) is 58.9 Å². The maximum absolute atomic E-state index is 13.1. The van der Waals surface area contributed by atoms with E-state index in [1.807, 2.05) is 0 Å². The lowest BCUT2D eigenvalue weighted by atomic mass is 10.2. The van der Waals surface area contributed by atoms with Crippen molar-refractivity contribution in [1.29, 1.82) is 0 Å². The van der Waals surface area contributed by atoms with Crippen molar-refractivity contribution in [2.75, 3.05) is 0 Å². The number of sulfonamides is 2. The first-order valence-corrected chi connectivity index (χ1v) is 9.51. The average Bonchev–Trinajstić information content (AvgIpc) is 2.48. The van der Waals surface area contributed by atoms with E-state index in [0.29, 0.717) is 0 Å². The summed E-state index contributed by atoms with van der Waals surface area (Å²) >= 11 is 5.51. The Morgan fingerprint density at radius 2 is 1.35 bits per heavy atom. The van der Waals surface area contributed by atoms with Gasteiger partial charge in [-0.15, -0.1) is 9.66 Å². The van der Waals surface area contributed by atoms with E-state index in [1.165, 1.54) is 12.1 Å². The second kappa shape index (κ2) is 6.54. The summed E-state index contributed by atoms with van der Waals surface area (Å²) in [6.07, 6.45) is 0. The third-order valence-electron chi connectivity index (χ3n) is 2.84. The topological polar surface area (TPSA) is 92.3 Å². The predicted molar refractivity (Wildman–Crippen MR) is 83.2 cm³/mol. The summed E-state index contributed by atoms with van der Waals surface area (Å²) in [4.78, 5) is 3.01. The Bertz CT molecular complexity index is 929. The van der Waals surface area contributed by atoms with Crippen molar-refractivity contribution >= 4 is 31.6 Å². The summed E-state index contributed by atoms with van der Waals surface area (Å²) in [5, 5.41) is -0.394. The Morgan fingerprint density at radius 3 is 1.87 bits per heavy atom. The molecular formula is C13H12ClFN2O4S2. The minimum absolute atomic E-state index is 0.108. The molecule has 23 heavy (non-hydrogen) atoms. The fourth-order valence-electron chi connectivity index (χ4n) is 1.59. The molecule has 6 nitrogen and oxygen atoms in total. The van der Waals surface area contributed by atoms with Crippen LogP contribution in [-0.4, -0.2) is 16.8 Å². The van der Waals surface area contributed by atoms with Crippen LogP contribution in [0.25, 0.3) is 0 Å². The molecule has 0 heterocycles. The van der Waals surface area contributed by atoms with Gasteiger partial charge in [0.1, 0.15) is 5.82 Å². The summed E-state index contributed by atoms with van der Waals surface area (Å²) in [5.41, 5.74) is 0.852. The van der Waals surface area contributed by atoms with E-state index in [4.69, 9.17) is 11.6 Å². The van der Waals surface area contributed by atoms with Crippen LogP contribution in [0.4, 0.5) is 4.39 Å². The smallest absolute Gasteiger partial charge is 0.206 e. The van der Waals surface area contributed by atoms with E-state index < -0.39 is 30.9 Å². The Morgan fingerprint density at radius 1 is 0.870 bits per heavy atom. The Balaban J connectivity index is 2.21. The SMILES string of the molecule is Cc1ccc(S(=O)(=O)NNS(=O)(=O)c2ccc(F)c(Cl)c2)cc1. The molecule has 0 amide bonds. The summed E-state index contributed by atoms with van der Waals surface area (Å²) in [5.74, 6) is -0.786. The minimum atomic E-state index is -4.24. The third-order valence-corrected chi connectivity index (χ3v) is 5.77. The van der Waals surface area contributed by atoms with Crippen molar-refractivity contribution in [3.63, 3.8) is 0 Å². The van der Waals surface area contributed by atoms with Crippen LogP contribution < -0.4 is 9.66 Å². The zero-order valence-corrected chi connectivity index (χ0v) is 14.1. The maximum Gasteiger partial charge on any atom is 0.254 e. The quantitative estimate of drug-likeness (QED) is 0.778. The Kier molecular flexibility index (Phi) is 5.07. The molecule has 0 aromatic heterocycles. The van der Waals surface area contributed by atoms with Crippen molar-refractivity contribution < 1.29 is 21.2 Å². The highest BCUT2D eigenvalue weighted by atomic mass is 35.5. The average molecular weight is 379 g/mol. The number of hydrogen-bond donors (Lipinski definition) is 2. The molecule has 124 valence electrons. The van der Waals surface area contributed by atoms with Gasteiger partial charge in [0, 0.05) is 0 Å². The zero-order chi connectivity index (χ0) is 17.3. The number of aryl methyl sites for hydroxylation is 1. The van der Waals surface area contributed by atoms with Gasteiger partial charge in [-0.3, -0.25) is 0 Å². The zero-order valence-electron chi connectivity index (χ0n) is 11.7. The summed E-state index contributed by atoms with van der Waals surface area (Å²) < 4.78 is 61.1. The van der Waals surface area contributed by atoms with E-state index >= 15 is 0 Å². The van der Waals surface area contributed by atoms with E-state index in [0.717, 1.165) is 23.8 Å². The van der Waals surface area contributed by atoms with Crippen LogP contribution in [0.5, 0.6) is 0 Å². The van der Waals surface area contributed by atoms with Crippen molar-refractivity contribution in [2.45, 2.75) is 16.7 Å². The van der Waals surface area contributed by atoms with Gasteiger partial charge in [-0.05, 0) is 37.3 Å². The number of benzene rings is 2. The van der Waals surface area contributed by atoms with E-state index in [9.17, 15) is 21.2 Å². The second-order valence-electron chi connectivity index (χ2n) is 4.60. The molecule has 0 spiro atoms. The molecule has 2 N–H and O–H groups in total. The molecule has 0 fully saturated rings. The van der Waals surface area contributed by atoms with Crippen molar-refractivity contribution in [2.24, 2.45) is 0 Å². The summed E-state index contributed by atoms with van der Waals surface area (Å²) in [6.45, 7) is 1.78. The molecule has 2 aromatic carbocycles. The van der Waals surface area contributed by atoms with Gasteiger partial charge in [0.2, 0.25) is 0 Å². The highest BCUT2D eigenvalue weighted by molar-refractivity contribution is 7.92. The molecule has 0 saturated heterocycles. The molecule has 0 saturated carbocycles. The van der Waals surface area contributed by atoms with Crippen LogP contribution in [0.2, 0.25) is 5.02 Å². The fraction of sp³-hybridized carbons (Fsp3) is 0.0769. The van der Waals surface area contributed by atoms with Gasteiger partial charge in [-0.25, -0.2) is 21.2 Å². The van der Waals surface area contributed by atoms with Gasteiger partial charge in [0.15, 0.2) is 0 Å². The molecule has 0 aliphatic rings. The molecule has 0 radical (unpaired) electrons. The van der Waals surface area contributed by atoms with Crippen LogP contribution in [-0.2, 0) is 20.0 Å². The van der Waals surface area contributed by atoms with E-state index in [-0.39, 0.29) is 9.79 Å². The normalized spacial score (nSPS) is 12.3. The molecule has 2 rings (SSSR count). The van der Waals surface area contributed by atoms with Crippen LogP contribution in [0, 0.1) is 12.7 Å². The van der Waals surface area contributed by atoms with Gasteiger partial charge < -0.3 is 0 Å². The van der Waals surface area contributed by atoms with Crippen LogP contribution in [0.15, 0.2) is 52.3 Å². The first-order valence-electron chi connectivity index (χ1n) is 6.17. The first-order chi connectivity index (χ1) is 10.6.